The number of rotatable bonds is 10. The summed E-state index contributed by atoms with van der Waals surface area (Å²) in [7, 11) is 3.30. The van der Waals surface area contributed by atoms with Crippen LogP contribution in [0.4, 0.5) is 0 Å². The molecule has 0 bridgehead atoms. The molecule has 21 heavy (non-hydrogen) atoms. The van der Waals surface area contributed by atoms with Crippen molar-refractivity contribution >= 4 is 0 Å². The lowest BCUT2D eigenvalue weighted by atomic mass is 10.1. The van der Waals surface area contributed by atoms with Crippen molar-refractivity contribution in [3.8, 4) is 5.75 Å². The summed E-state index contributed by atoms with van der Waals surface area (Å²) in [5, 5.41) is 3.39. The first kappa shape index (κ1) is 18.0. The quantitative estimate of drug-likeness (QED) is 0.673. The molecule has 0 spiro atoms. The Labute approximate surface area is 128 Å². The van der Waals surface area contributed by atoms with Gasteiger partial charge in [-0.3, -0.25) is 0 Å². The topological polar surface area (TPSA) is 39.7 Å². The van der Waals surface area contributed by atoms with Gasteiger partial charge in [-0.15, -0.1) is 0 Å². The lowest BCUT2D eigenvalue weighted by Crippen LogP contribution is -2.39. The van der Waals surface area contributed by atoms with E-state index in [9.17, 15) is 0 Å². The highest BCUT2D eigenvalue weighted by atomic mass is 16.7. The Morgan fingerprint density at radius 1 is 1.00 bits per heavy atom. The maximum atomic E-state index is 5.71. The van der Waals surface area contributed by atoms with E-state index in [4.69, 9.17) is 14.2 Å². The van der Waals surface area contributed by atoms with Gasteiger partial charge in [0.25, 0.3) is 0 Å². The minimum Gasteiger partial charge on any atom is -0.494 e. The van der Waals surface area contributed by atoms with Crippen LogP contribution in [0.3, 0.4) is 0 Å². The molecule has 0 saturated heterocycles. The van der Waals surface area contributed by atoms with Crippen LogP contribution in [0.5, 0.6) is 5.75 Å². The van der Waals surface area contributed by atoms with Gasteiger partial charge in [0.1, 0.15) is 5.75 Å². The van der Waals surface area contributed by atoms with E-state index in [0.29, 0.717) is 5.92 Å². The molecule has 0 heterocycles. The molecular weight excluding hydrogens is 266 g/mol. The second-order valence-electron chi connectivity index (χ2n) is 5.68. The molecule has 0 radical (unpaired) electrons. The molecule has 0 aliphatic heterocycles. The fourth-order valence-electron chi connectivity index (χ4n) is 2.00. The summed E-state index contributed by atoms with van der Waals surface area (Å²) in [5.74, 6) is 1.60. The van der Waals surface area contributed by atoms with E-state index >= 15 is 0 Å². The van der Waals surface area contributed by atoms with Crippen LogP contribution in [0.15, 0.2) is 24.3 Å². The molecule has 0 aromatic heterocycles. The molecule has 4 heteroatoms. The summed E-state index contributed by atoms with van der Waals surface area (Å²) in [5.41, 5.74) is 1.21. The highest BCUT2D eigenvalue weighted by molar-refractivity contribution is 5.27. The molecule has 120 valence electrons. The molecule has 0 fully saturated rings. The summed E-state index contributed by atoms with van der Waals surface area (Å²) in [4.78, 5) is 0. The molecule has 0 aliphatic rings. The van der Waals surface area contributed by atoms with Gasteiger partial charge < -0.3 is 19.5 Å². The fraction of sp³-hybridized carbons (Fsp3) is 0.647. The third-order valence-corrected chi connectivity index (χ3v) is 3.39. The van der Waals surface area contributed by atoms with E-state index in [2.05, 4.69) is 31.3 Å². The van der Waals surface area contributed by atoms with Crippen molar-refractivity contribution in [1.82, 2.24) is 5.32 Å². The van der Waals surface area contributed by atoms with Gasteiger partial charge in [0.15, 0.2) is 6.29 Å². The molecule has 4 nitrogen and oxygen atoms in total. The Kier molecular flexibility index (Phi) is 8.35. The molecule has 1 aromatic carbocycles. The lowest BCUT2D eigenvalue weighted by molar-refractivity contribution is -0.119. The minimum atomic E-state index is -0.233. The van der Waals surface area contributed by atoms with Gasteiger partial charge in [-0.25, -0.2) is 0 Å². The third kappa shape index (κ3) is 6.93. The summed E-state index contributed by atoms with van der Waals surface area (Å²) in [6.45, 7) is 7.99. The number of nitrogens with one attached hydrogen (secondary N) is 1. The Hall–Kier alpha value is -1.10. The van der Waals surface area contributed by atoms with E-state index in [0.717, 1.165) is 25.3 Å². The fourth-order valence-corrected chi connectivity index (χ4v) is 2.00. The van der Waals surface area contributed by atoms with E-state index in [1.807, 2.05) is 19.1 Å². The minimum absolute atomic E-state index is 0.127. The number of ether oxygens (including phenoxy) is 3. The predicted molar refractivity (Wildman–Crippen MR) is 85.5 cm³/mol. The average Bonchev–Trinajstić information content (AvgIpc) is 2.47. The summed E-state index contributed by atoms with van der Waals surface area (Å²) in [6, 6.07) is 8.33. The molecule has 1 aromatic rings. The summed E-state index contributed by atoms with van der Waals surface area (Å²) in [6.07, 6.45) is 0.847. The van der Waals surface area contributed by atoms with Crippen molar-refractivity contribution in [2.24, 2.45) is 5.92 Å². The maximum Gasteiger partial charge on any atom is 0.171 e. The number of methoxy groups -OCH3 is 2. The van der Waals surface area contributed by atoms with Crippen LogP contribution in [0.1, 0.15) is 32.8 Å². The van der Waals surface area contributed by atoms with Crippen molar-refractivity contribution in [2.75, 3.05) is 20.8 Å². The first-order valence-corrected chi connectivity index (χ1v) is 7.57. The van der Waals surface area contributed by atoms with Crippen LogP contribution in [0.25, 0.3) is 0 Å². The van der Waals surface area contributed by atoms with Gasteiger partial charge in [-0.2, -0.15) is 0 Å². The van der Waals surface area contributed by atoms with Crippen molar-refractivity contribution in [1.29, 1.82) is 0 Å². The van der Waals surface area contributed by atoms with Crippen molar-refractivity contribution < 1.29 is 14.2 Å². The Morgan fingerprint density at radius 3 is 2.14 bits per heavy atom. The van der Waals surface area contributed by atoms with E-state index in [1.165, 1.54) is 5.56 Å². The van der Waals surface area contributed by atoms with Crippen molar-refractivity contribution in [3.05, 3.63) is 29.8 Å². The zero-order chi connectivity index (χ0) is 15.7. The molecule has 1 atom stereocenters. The SMILES string of the molecule is COC(OC)C(C)NCc1ccc(OCCC(C)C)cc1. The van der Waals surface area contributed by atoms with Crippen molar-refractivity contribution in [2.45, 2.75) is 46.1 Å². The molecule has 1 N–H and O–H groups in total. The van der Waals surface area contributed by atoms with Gasteiger partial charge in [0, 0.05) is 20.8 Å². The largest absolute Gasteiger partial charge is 0.494 e. The predicted octanol–water partition coefficient (Wildman–Crippen LogP) is 3.21. The number of benzene rings is 1. The van der Waals surface area contributed by atoms with Crippen molar-refractivity contribution in [3.63, 3.8) is 0 Å². The van der Waals surface area contributed by atoms with Crippen LogP contribution in [-0.2, 0) is 16.0 Å². The highest BCUT2D eigenvalue weighted by Gasteiger charge is 2.14. The van der Waals surface area contributed by atoms with Crippen LogP contribution in [0, 0.1) is 5.92 Å². The standard InChI is InChI=1S/C17H29NO3/c1-13(2)10-11-21-16-8-6-15(7-9-16)12-18-14(3)17(19-4)20-5/h6-9,13-14,17-18H,10-12H2,1-5H3. The summed E-state index contributed by atoms with van der Waals surface area (Å²) >= 11 is 0. The van der Waals surface area contributed by atoms with Gasteiger partial charge >= 0.3 is 0 Å². The smallest absolute Gasteiger partial charge is 0.171 e. The van der Waals surface area contributed by atoms with E-state index in [1.54, 1.807) is 14.2 Å². The molecule has 1 rings (SSSR count). The first-order valence-electron chi connectivity index (χ1n) is 7.57. The Bertz CT molecular complexity index is 374. The maximum absolute atomic E-state index is 5.71. The zero-order valence-corrected chi connectivity index (χ0v) is 13.9. The van der Waals surface area contributed by atoms with E-state index in [-0.39, 0.29) is 12.3 Å². The highest BCUT2D eigenvalue weighted by Crippen LogP contribution is 2.13. The Balaban J connectivity index is 2.37. The van der Waals surface area contributed by atoms with Crippen LogP contribution >= 0.6 is 0 Å². The van der Waals surface area contributed by atoms with Crippen LogP contribution in [-0.4, -0.2) is 33.2 Å². The molecule has 0 aliphatic carbocycles. The average molecular weight is 295 g/mol. The van der Waals surface area contributed by atoms with E-state index < -0.39 is 0 Å². The third-order valence-electron chi connectivity index (χ3n) is 3.39. The first-order chi connectivity index (χ1) is 10.1. The Morgan fingerprint density at radius 2 is 1.62 bits per heavy atom. The monoisotopic (exact) mass is 295 g/mol. The second kappa shape index (κ2) is 9.77. The molecule has 0 saturated carbocycles. The van der Waals surface area contributed by atoms with Gasteiger partial charge in [-0.1, -0.05) is 26.0 Å². The van der Waals surface area contributed by atoms with Crippen LogP contribution < -0.4 is 10.1 Å². The molecule has 0 amide bonds. The lowest BCUT2D eigenvalue weighted by Gasteiger charge is -2.22. The van der Waals surface area contributed by atoms with Crippen LogP contribution in [0.2, 0.25) is 0 Å². The zero-order valence-electron chi connectivity index (χ0n) is 13.9. The summed E-state index contributed by atoms with van der Waals surface area (Å²) < 4.78 is 16.2. The van der Waals surface area contributed by atoms with Gasteiger partial charge in [-0.05, 0) is 37.0 Å². The van der Waals surface area contributed by atoms with Gasteiger partial charge in [0.2, 0.25) is 0 Å². The normalized spacial score (nSPS) is 12.9. The number of hydrogen-bond donors (Lipinski definition) is 1. The molecule has 1 unspecified atom stereocenters. The second-order valence-corrected chi connectivity index (χ2v) is 5.68. The molecular formula is C17H29NO3. The van der Waals surface area contributed by atoms with Gasteiger partial charge in [0.05, 0.1) is 12.6 Å². The number of hydrogen-bond acceptors (Lipinski definition) is 4.